The van der Waals surface area contributed by atoms with Crippen LogP contribution in [0.5, 0.6) is 17.2 Å². The molecule has 0 saturated carbocycles. The van der Waals surface area contributed by atoms with E-state index < -0.39 is 0 Å². The van der Waals surface area contributed by atoms with Gasteiger partial charge in [0.2, 0.25) is 0 Å². The van der Waals surface area contributed by atoms with Crippen molar-refractivity contribution >= 4 is 23.2 Å². The monoisotopic (exact) mass is 363 g/mol. The number of hydrogen-bond acceptors (Lipinski definition) is 4. The van der Waals surface area contributed by atoms with Gasteiger partial charge in [0.05, 0.1) is 24.9 Å². The molecule has 2 aromatic rings. The molecule has 0 heterocycles. The summed E-state index contributed by atoms with van der Waals surface area (Å²) < 4.78 is 15.9. The van der Waals surface area contributed by atoms with Crippen molar-refractivity contribution in [2.75, 3.05) is 26.1 Å². The third-order valence-corrected chi connectivity index (χ3v) is 3.96. The first-order valence-electron chi connectivity index (χ1n) is 7.88. The van der Waals surface area contributed by atoms with Crippen LogP contribution in [0.1, 0.15) is 25.3 Å². The molecule has 0 fully saturated rings. The molecule has 25 heavy (non-hydrogen) atoms. The second kappa shape index (κ2) is 8.62. The van der Waals surface area contributed by atoms with E-state index in [0.29, 0.717) is 33.9 Å². The molecular weight excluding hydrogens is 342 g/mol. The van der Waals surface area contributed by atoms with Gasteiger partial charge in [-0.05, 0) is 23.6 Å². The molecule has 0 aliphatic rings. The summed E-state index contributed by atoms with van der Waals surface area (Å²) in [5.41, 5.74) is 1.68. The maximum atomic E-state index is 12.1. The van der Waals surface area contributed by atoms with Crippen LogP contribution in [-0.4, -0.2) is 26.7 Å². The summed E-state index contributed by atoms with van der Waals surface area (Å²) >= 11 is 6.05. The lowest BCUT2D eigenvalue weighted by atomic mass is 10.0. The Hall–Kier alpha value is -2.40. The Morgan fingerprint density at radius 3 is 2.28 bits per heavy atom. The zero-order valence-corrected chi connectivity index (χ0v) is 15.5. The smallest absolute Gasteiger partial charge is 0.262 e. The minimum Gasteiger partial charge on any atom is -0.495 e. The highest BCUT2D eigenvalue weighted by molar-refractivity contribution is 6.32. The molecule has 134 valence electrons. The molecule has 5 nitrogen and oxygen atoms in total. The minimum absolute atomic E-state index is 0.116. The van der Waals surface area contributed by atoms with E-state index in [1.165, 1.54) is 19.8 Å². The van der Waals surface area contributed by atoms with Gasteiger partial charge in [-0.15, -0.1) is 0 Å². The van der Waals surface area contributed by atoms with Crippen LogP contribution in [0.25, 0.3) is 0 Å². The number of carbonyl (C=O) groups excluding carboxylic acids is 1. The Labute approximate surface area is 152 Å². The lowest BCUT2D eigenvalue weighted by molar-refractivity contribution is -0.118. The van der Waals surface area contributed by atoms with E-state index in [1.807, 2.05) is 24.3 Å². The molecule has 1 amide bonds. The van der Waals surface area contributed by atoms with Crippen LogP contribution in [-0.2, 0) is 4.79 Å². The summed E-state index contributed by atoms with van der Waals surface area (Å²) in [4.78, 5) is 12.1. The first-order chi connectivity index (χ1) is 11.9. The van der Waals surface area contributed by atoms with Gasteiger partial charge < -0.3 is 19.5 Å². The molecule has 0 bridgehead atoms. The number of nitrogens with one attached hydrogen (secondary N) is 1. The number of amides is 1. The SMILES string of the molecule is COc1cc(NC(=O)COc2ccc(C(C)C)cc2)c(OC)cc1Cl. The van der Waals surface area contributed by atoms with Gasteiger partial charge in [0.25, 0.3) is 5.91 Å². The molecule has 0 spiro atoms. The molecule has 2 aromatic carbocycles. The van der Waals surface area contributed by atoms with Gasteiger partial charge in [-0.25, -0.2) is 0 Å². The average molecular weight is 364 g/mol. The second-order valence-electron chi connectivity index (χ2n) is 5.75. The first kappa shape index (κ1) is 18.9. The molecule has 1 N–H and O–H groups in total. The Kier molecular flexibility index (Phi) is 6.53. The number of anilines is 1. The van der Waals surface area contributed by atoms with Crippen molar-refractivity contribution in [1.29, 1.82) is 0 Å². The van der Waals surface area contributed by atoms with Gasteiger partial charge in [0.1, 0.15) is 17.2 Å². The van der Waals surface area contributed by atoms with Gasteiger partial charge in [0.15, 0.2) is 6.61 Å². The summed E-state index contributed by atoms with van der Waals surface area (Å²) in [6.07, 6.45) is 0. The second-order valence-corrected chi connectivity index (χ2v) is 6.15. The van der Waals surface area contributed by atoms with Crippen molar-refractivity contribution in [3.63, 3.8) is 0 Å². The number of rotatable bonds is 7. The van der Waals surface area contributed by atoms with Crippen molar-refractivity contribution in [3.05, 3.63) is 47.0 Å². The number of hydrogen-bond donors (Lipinski definition) is 1. The van der Waals surface area contributed by atoms with E-state index in [0.717, 1.165) is 0 Å². The maximum absolute atomic E-state index is 12.1. The summed E-state index contributed by atoms with van der Waals surface area (Å²) in [7, 11) is 3.00. The predicted octanol–water partition coefficient (Wildman–Crippen LogP) is 4.50. The molecule has 0 aliphatic heterocycles. The predicted molar refractivity (Wildman–Crippen MR) is 99.2 cm³/mol. The third kappa shape index (κ3) is 5.03. The van der Waals surface area contributed by atoms with Crippen LogP contribution in [0.15, 0.2) is 36.4 Å². The van der Waals surface area contributed by atoms with Crippen molar-refractivity contribution in [3.8, 4) is 17.2 Å². The van der Waals surface area contributed by atoms with Gasteiger partial charge in [0, 0.05) is 12.1 Å². The van der Waals surface area contributed by atoms with Crippen LogP contribution >= 0.6 is 11.6 Å². The molecule has 2 rings (SSSR count). The highest BCUT2D eigenvalue weighted by atomic mass is 35.5. The molecule has 0 saturated heterocycles. The lowest BCUT2D eigenvalue weighted by Gasteiger charge is -2.13. The molecule has 0 aliphatic carbocycles. The van der Waals surface area contributed by atoms with E-state index in [1.54, 1.807) is 12.1 Å². The topological polar surface area (TPSA) is 56.8 Å². The quantitative estimate of drug-likeness (QED) is 0.787. The Morgan fingerprint density at radius 2 is 1.72 bits per heavy atom. The van der Waals surface area contributed by atoms with Crippen molar-refractivity contribution < 1.29 is 19.0 Å². The number of carbonyl (C=O) groups is 1. The normalized spacial score (nSPS) is 10.5. The van der Waals surface area contributed by atoms with E-state index in [2.05, 4.69) is 19.2 Å². The Morgan fingerprint density at radius 1 is 1.08 bits per heavy atom. The fraction of sp³-hybridized carbons (Fsp3) is 0.316. The van der Waals surface area contributed by atoms with Crippen LogP contribution < -0.4 is 19.5 Å². The lowest BCUT2D eigenvalue weighted by Crippen LogP contribution is -2.20. The third-order valence-electron chi connectivity index (χ3n) is 3.66. The zero-order chi connectivity index (χ0) is 18.4. The number of benzene rings is 2. The van der Waals surface area contributed by atoms with Crippen LogP contribution in [0.2, 0.25) is 5.02 Å². The number of ether oxygens (including phenoxy) is 3. The summed E-state index contributed by atoms with van der Waals surface area (Å²) in [5.74, 6) is 1.67. The van der Waals surface area contributed by atoms with Gasteiger partial charge in [-0.1, -0.05) is 37.6 Å². The van der Waals surface area contributed by atoms with Crippen LogP contribution in [0, 0.1) is 0 Å². The van der Waals surface area contributed by atoms with E-state index in [9.17, 15) is 4.79 Å². The standard InChI is InChI=1S/C19H22ClNO4/c1-12(2)13-5-7-14(8-6-13)25-11-19(22)21-16-10-17(23-3)15(20)9-18(16)24-4/h5-10,12H,11H2,1-4H3,(H,21,22). The summed E-state index contributed by atoms with van der Waals surface area (Å²) in [6, 6.07) is 10.9. The average Bonchev–Trinajstić information content (AvgIpc) is 2.61. The number of methoxy groups -OCH3 is 2. The summed E-state index contributed by atoms with van der Waals surface area (Å²) in [6.45, 7) is 4.13. The Balaban J connectivity index is 2.00. The summed E-state index contributed by atoms with van der Waals surface area (Å²) in [5, 5.41) is 3.14. The largest absolute Gasteiger partial charge is 0.495 e. The highest BCUT2D eigenvalue weighted by Crippen LogP contribution is 2.35. The minimum atomic E-state index is -0.310. The maximum Gasteiger partial charge on any atom is 0.262 e. The van der Waals surface area contributed by atoms with Gasteiger partial charge >= 0.3 is 0 Å². The molecule has 0 atom stereocenters. The zero-order valence-electron chi connectivity index (χ0n) is 14.8. The van der Waals surface area contributed by atoms with Gasteiger partial charge in [-0.2, -0.15) is 0 Å². The van der Waals surface area contributed by atoms with Crippen LogP contribution in [0.3, 0.4) is 0 Å². The molecular formula is C19H22ClNO4. The van der Waals surface area contributed by atoms with E-state index in [4.69, 9.17) is 25.8 Å². The first-order valence-corrected chi connectivity index (χ1v) is 8.26. The van der Waals surface area contributed by atoms with Crippen molar-refractivity contribution in [2.24, 2.45) is 0 Å². The highest BCUT2D eigenvalue weighted by Gasteiger charge is 2.13. The Bertz CT molecular complexity index is 729. The van der Waals surface area contributed by atoms with Gasteiger partial charge in [-0.3, -0.25) is 4.79 Å². The van der Waals surface area contributed by atoms with Crippen molar-refractivity contribution in [1.82, 2.24) is 0 Å². The number of halogens is 1. The van der Waals surface area contributed by atoms with E-state index in [-0.39, 0.29) is 12.5 Å². The van der Waals surface area contributed by atoms with E-state index >= 15 is 0 Å². The molecule has 0 aromatic heterocycles. The fourth-order valence-corrected chi connectivity index (χ4v) is 2.47. The molecule has 0 radical (unpaired) electrons. The van der Waals surface area contributed by atoms with Crippen LogP contribution in [0.4, 0.5) is 5.69 Å². The molecule has 6 heteroatoms. The fourth-order valence-electron chi connectivity index (χ4n) is 2.24. The van der Waals surface area contributed by atoms with Crippen molar-refractivity contribution in [2.45, 2.75) is 19.8 Å². The molecule has 0 unspecified atom stereocenters.